The van der Waals surface area contributed by atoms with E-state index < -0.39 is 0 Å². The van der Waals surface area contributed by atoms with Crippen molar-refractivity contribution < 1.29 is 9.59 Å². The topological polar surface area (TPSA) is 71.1 Å². The van der Waals surface area contributed by atoms with Gasteiger partial charge in [0.1, 0.15) is 5.01 Å². The number of hydrogen-bond donors (Lipinski definition) is 2. The Morgan fingerprint density at radius 1 is 0.967 bits per heavy atom. The Balaban J connectivity index is 1.40. The first-order chi connectivity index (χ1) is 14.6. The van der Waals surface area contributed by atoms with E-state index >= 15 is 0 Å². The molecule has 0 saturated carbocycles. The van der Waals surface area contributed by atoms with E-state index in [9.17, 15) is 9.59 Å². The zero-order valence-electron chi connectivity index (χ0n) is 16.5. The van der Waals surface area contributed by atoms with Crippen molar-refractivity contribution in [3.63, 3.8) is 0 Å². The molecule has 0 radical (unpaired) electrons. The molecule has 4 aromatic rings. The molecule has 5 nitrogen and oxygen atoms in total. The molecule has 30 heavy (non-hydrogen) atoms. The van der Waals surface area contributed by atoms with E-state index in [2.05, 4.69) is 15.6 Å². The second kappa shape index (κ2) is 8.88. The van der Waals surface area contributed by atoms with Crippen molar-refractivity contribution in [1.29, 1.82) is 0 Å². The summed E-state index contributed by atoms with van der Waals surface area (Å²) < 4.78 is 1.10. The number of aromatic nitrogens is 1. The molecule has 150 valence electrons. The molecule has 1 heterocycles. The minimum absolute atomic E-state index is 0.159. The van der Waals surface area contributed by atoms with E-state index in [0.717, 1.165) is 26.4 Å². The number of rotatable bonds is 6. The van der Waals surface area contributed by atoms with Crippen LogP contribution in [0.2, 0.25) is 0 Å². The molecule has 0 aliphatic rings. The number of carbonyl (C=O) groups is 2. The Morgan fingerprint density at radius 2 is 1.77 bits per heavy atom. The summed E-state index contributed by atoms with van der Waals surface area (Å²) in [7, 11) is 0. The van der Waals surface area contributed by atoms with Crippen molar-refractivity contribution in [2.45, 2.75) is 13.3 Å². The van der Waals surface area contributed by atoms with Crippen LogP contribution in [0.25, 0.3) is 20.8 Å². The van der Waals surface area contributed by atoms with Crippen LogP contribution in [0.1, 0.15) is 22.3 Å². The number of fused-ring (bicyclic) bond motifs is 1. The Morgan fingerprint density at radius 3 is 2.60 bits per heavy atom. The summed E-state index contributed by atoms with van der Waals surface area (Å²) in [6.45, 7) is 2.20. The number of amides is 2. The molecule has 0 bridgehead atoms. The third kappa shape index (κ3) is 4.55. The van der Waals surface area contributed by atoms with E-state index in [0.29, 0.717) is 11.3 Å². The summed E-state index contributed by atoms with van der Waals surface area (Å²) in [5, 5.41) is 6.61. The highest BCUT2D eigenvalue weighted by molar-refractivity contribution is 7.21. The fourth-order valence-electron chi connectivity index (χ4n) is 3.16. The number of carbonyl (C=O) groups excluding carboxylic acids is 2. The standard InChI is InChI=1S/C24H21N3O2S/c1-16-7-6-8-17(15-16)23(29)25-14-13-22(28)26-19-10-3-2-9-18(19)24-27-20-11-4-5-12-21(20)30-24/h2-12,15H,13-14H2,1H3,(H,25,29)(H,26,28). The van der Waals surface area contributed by atoms with Gasteiger partial charge in [-0.05, 0) is 43.3 Å². The lowest BCUT2D eigenvalue weighted by molar-refractivity contribution is -0.116. The lowest BCUT2D eigenvalue weighted by Crippen LogP contribution is -2.27. The van der Waals surface area contributed by atoms with E-state index in [4.69, 9.17) is 0 Å². The van der Waals surface area contributed by atoms with Gasteiger partial charge >= 0.3 is 0 Å². The molecule has 0 aliphatic carbocycles. The third-order valence-corrected chi connectivity index (χ3v) is 5.71. The first kappa shape index (κ1) is 19.8. The highest BCUT2D eigenvalue weighted by Crippen LogP contribution is 2.34. The molecule has 0 spiro atoms. The Labute approximate surface area is 178 Å². The number of nitrogens with zero attached hydrogens (tertiary/aromatic N) is 1. The second-order valence-electron chi connectivity index (χ2n) is 6.96. The molecule has 2 amide bonds. The second-order valence-corrected chi connectivity index (χ2v) is 7.99. The average molecular weight is 416 g/mol. The highest BCUT2D eigenvalue weighted by Gasteiger charge is 2.13. The van der Waals surface area contributed by atoms with Crippen LogP contribution < -0.4 is 10.6 Å². The van der Waals surface area contributed by atoms with Gasteiger partial charge in [0.25, 0.3) is 5.91 Å². The quantitative estimate of drug-likeness (QED) is 0.464. The lowest BCUT2D eigenvalue weighted by atomic mass is 10.1. The summed E-state index contributed by atoms with van der Waals surface area (Å²) >= 11 is 1.59. The Hall–Kier alpha value is -3.51. The summed E-state index contributed by atoms with van der Waals surface area (Å²) in [6.07, 6.45) is 0.186. The largest absolute Gasteiger partial charge is 0.352 e. The van der Waals surface area contributed by atoms with Gasteiger partial charge in [-0.1, -0.05) is 42.0 Å². The maximum atomic E-state index is 12.5. The zero-order valence-corrected chi connectivity index (χ0v) is 17.3. The van der Waals surface area contributed by atoms with Gasteiger partial charge in [-0.3, -0.25) is 9.59 Å². The molecular weight excluding hydrogens is 394 g/mol. The molecule has 4 rings (SSSR count). The normalized spacial score (nSPS) is 10.7. The van der Waals surface area contributed by atoms with Gasteiger partial charge in [-0.25, -0.2) is 4.98 Å². The number of nitrogens with one attached hydrogen (secondary N) is 2. The molecule has 0 aliphatic heterocycles. The maximum absolute atomic E-state index is 12.5. The average Bonchev–Trinajstić information content (AvgIpc) is 3.18. The molecule has 6 heteroatoms. The SMILES string of the molecule is Cc1cccc(C(=O)NCCC(=O)Nc2ccccc2-c2nc3ccccc3s2)c1. The number of benzene rings is 3. The van der Waals surface area contributed by atoms with Crippen molar-refractivity contribution in [2.24, 2.45) is 0 Å². The molecular formula is C24H21N3O2S. The molecule has 0 saturated heterocycles. The fraction of sp³-hybridized carbons (Fsp3) is 0.125. The number of anilines is 1. The van der Waals surface area contributed by atoms with Gasteiger partial charge < -0.3 is 10.6 Å². The van der Waals surface area contributed by atoms with Crippen molar-refractivity contribution in [3.8, 4) is 10.6 Å². The minimum atomic E-state index is -0.179. The van der Waals surface area contributed by atoms with E-state index in [-0.39, 0.29) is 24.8 Å². The monoisotopic (exact) mass is 415 g/mol. The van der Waals surface area contributed by atoms with Gasteiger partial charge in [0.05, 0.1) is 15.9 Å². The first-order valence-electron chi connectivity index (χ1n) is 9.70. The number of aryl methyl sites for hydroxylation is 1. The molecule has 1 aromatic heterocycles. The molecule has 0 unspecified atom stereocenters. The molecule has 2 N–H and O–H groups in total. The predicted octanol–water partition coefficient (Wildman–Crippen LogP) is 5.03. The third-order valence-electron chi connectivity index (χ3n) is 4.64. The van der Waals surface area contributed by atoms with Gasteiger partial charge in [0.15, 0.2) is 0 Å². The van der Waals surface area contributed by atoms with Gasteiger partial charge in [0.2, 0.25) is 5.91 Å². The number of para-hydroxylation sites is 2. The van der Waals surface area contributed by atoms with E-state index in [1.54, 1.807) is 17.4 Å². The first-order valence-corrected chi connectivity index (χ1v) is 10.5. The van der Waals surface area contributed by atoms with Crippen LogP contribution in [0.15, 0.2) is 72.8 Å². The van der Waals surface area contributed by atoms with Crippen LogP contribution in [0.3, 0.4) is 0 Å². The van der Waals surface area contributed by atoms with Crippen molar-refractivity contribution in [1.82, 2.24) is 10.3 Å². The summed E-state index contributed by atoms with van der Waals surface area (Å²) in [5.41, 5.74) is 4.16. The van der Waals surface area contributed by atoms with Crippen LogP contribution in [-0.4, -0.2) is 23.3 Å². The van der Waals surface area contributed by atoms with Crippen molar-refractivity contribution in [2.75, 3.05) is 11.9 Å². The van der Waals surface area contributed by atoms with Gasteiger partial charge in [-0.15, -0.1) is 11.3 Å². The predicted molar refractivity (Wildman–Crippen MR) is 122 cm³/mol. The van der Waals surface area contributed by atoms with E-state index in [1.807, 2.05) is 73.7 Å². The summed E-state index contributed by atoms with van der Waals surface area (Å²) in [6, 6.07) is 23.0. The van der Waals surface area contributed by atoms with Gasteiger partial charge in [0, 0.05) is 24.1 Å². The van der Waals surface area contributed by atoms with Gasteiger partial charge in [-0.2, -0.15) is 0 Å². The lowest BCUT2D eigenvalue weighted by Gasteiger charge is -2.10. The van der Waals surface area contributed by atoms with Crippen molar-refractivity contribution in [3.05, 3.63) is 83.9 Å². The molecule has 3 aromatic carbocycles. The molecule has 0 atom stereocenters. The summed E-state index contributed by atoms with van der Waals surface area (Å²) in [4.78, 5) is 29.4. The smallest absolute Gasteiger partial charge is 0.251 e. The van der Waals surface area contributed by atoms with Crippen molar-refractivity contribution >= 4 is 39.1 Å². The minimum Gasteiger partial charge on any atom is -0.352 e. The highest BCUT2D eigenvalue weighted by atomic mass is 32.1. The van der Waals surface area contributed by atoms with Crippen LogP contribution in [0, 0.1) is 6.92 Å². The van der Waals surface area contributed by atoms with Crippen LogP contribution in [0.4, 0.5) is 5.69 Å². The summed E-state index contributed by atoms with van der Waals surface area (Å²) in [5.74, 6) is -0.338. The maximum Gasteiger partial charge on any atom is 0.251 e. The Bertz CT molecular complexity index is 1180. The Kier molecular flexibility index (Phi) is 5.86. The zero-order chi connectivity index (χ0) is 20.9. The molecule has 0 fully saturated rings. The van der Waals surface area contributed by atoms with Crippen LogP contribution >= 0.6 is 11.3 Å². The number of thiazole rings is 1. The number of hydrogen-bond acceptors (Lipinski definition) is 4. The van der Waals surface area contributed by atoms with Crippen LogP contribution in [0.5, 0.6) is 0 Å². The van der Waals surface area contributed by atoms with E-state index in [1.165, 1.54) is 0 Å². The van der Waals surface area contributed by atoms with Crippen LogP contribution in [-0.2, 0) is 4.79 Å². The fourth-order valence-corrected chi connectivity index (χ4v) is 4.16.